The van der Waals surface area contributed by atoms with Gasteiger partial charge in [-0.2, -0.15) is 4.98 Å². The molecule has 120 valence electrons. The Balaban J connectivity index is 1.81. The van der Waals surface area contributed by atoms with Crippen LogP contribution in [0.1, 0.15) is 31.0 Å². The van der Waals surface area contributed by atoms with Crippen LogP contribution in [0.15, 0.2) is 4.52 Å². The van der Waals surface area contributed by atoms with Crippen LogP contribution in [0.3, 0.4) is 0 Å². The lowest BCUT2D eigenvalue weighted by Gasteiger charge is -2.14. The second kappa shape index (κ2) is 8.35. The van der Waals surface area contributed by atoms with Crippen molar-refractivity contribution in [3.63, 3.8) is 0 Å². The van der Waals surface area contributed by atoms with E-state index in [2.05, 4.69) is 22.4 Å². The average molecular weight is 305 g/mol. The predicted molar refractivity (Wildman–Crippen MR) is 70.5 cm³/mol. The summed E-state index contributed by atoms with van der Waals surface area (Å²) in [5.74, 6) is 1.05. The van der Waals surface area contributed by atoms with Crippen LogP contribution >= 0.6 is 0 Å². The predicted octanol–water partition coefficient (Wildman–Crippen LogP) is 1.38. The number of hydrogen-bond donors (Lipinski definition) is 1. The Hall–Kier alpha value is -1.12. The van der Waals surface area contributed by atoms with Crippen LogP contribution in [0.5, 0.6) is 0 Å². The fraction of sp³-hybridized carbons (Fsp3) is 0.846. The maximum atomic E-state index is 11.9. The van der Waals surface area contributed by atoms with Gasteiger partial charge in [0.2, 0.25) is 5.89 Å². The Bertz CT molecular complexity index is 417. The van der Waals surface area contributed by atoms with E-state index < -0.39 is 13.0 Å². The Labute approximate surface area is 122 Å². The standard InChI is InChI=1S/C13H21F2N3O3/c1-2-4-16-10-7-20-6-9(10)13-17-12(18-21-13)3-5-19-8-11(14)15/h9-11,16H,2-8H2,1H3. The molecule has 8 heteroatoms. The topological polar surface area (TPSA) is 69.4 Å². The summed E-state index contributed by atoms with van der Waals surface area (Å²) in [5, 5.41) is 7.25. The molecule has 1 N–H and O–H groups in total. The minimum Gasteiger partial charge on any atom is -0.379 e. The number of aromatic nitrogens is 2. The molecule has 0 amide bonds. The van der Waals surface area contributed by atoms with E-state index in [0.29, 0.717) is 31.3 Å². The molecule has 21 heavy (non-hydrogen) atoms. The smallest absolute Gasteiger partial charge is 0.261 e. The Morgan fingerprint density at radius 1 is 1.43 bits per heavy atom. The van der Waals surface area contributed by atoms with Crippen LogP contribution in [0.4, 0.5) is 8.78 Å². The molecule has 1 aromatic rings. The molecule has 1 saturated heterocycles. The molecule has 1 aliphatic heterocycles. The van der Waals surface area contributed by atoms with Gasteiger partial charge in [-0.1, -0.05) is 12.1 Å². The summed E-state index contributed by atoms with van der Waals surface area (Å²) >= 11 is 0. The van der Waals surface area contributed by atoms with E-state index in [1.54, 1.807) is 0 Å². The first-order valence-electron chi connectivity index (χ1n) is 7.20. The maximum Gasteiger partial charge on any atom is 0.261 e. The van der Waals surface area contributed by atoms with Gasteiger partial charge in [-0.25, -0.2) is 8.78 Å². The molecule has 1 aliphatic rings. The minimum atomic E-state index is -2.45. The summed E-state index contributed by atoms with van der Waals surface area (Å²) < 4.78 is 39.3. The number of nitrogens with zero attached hydrogens (tertiary/aromatic N) is 2. The molecule has 6 nitrogen and oxygen atoms in total. The maximum absolute atomic E-state index is 11.9. The molecule has 0 saturated carbocycles. The Morgan fingerprint density at radius 2 is 2.29 bits per heavy atom. The van der Waals surface area contributed by atoms with Crippen molar-refractivity contribution in [3.05, 3.63) is 11.7 Å². The third-order valence-corrected chi connectivity index (χ3v) is 3.25. The number of ether oxygens (including phenoxy) is 2. The highest BCUT2D eigenvalue weighted by atomic mass is 19.3. The monoisotopic (exact) mass is 305 g/mol. The number of hydrogen-bond acceptors (Lipinski definition) is 6. The van der Waals surface area contributed by atoms with Crippen molar-refractivity contribution in [1.29, 1.82) is 0 Å². The van der Waals surface area contributed by atoms with Crippen molar-refractivity contribution in [3.8, 4) is 0 Å². The van der Waals surface area contributed by atoms with Gasteiger partial charge >= 0.3 is 0 Å². The van der Waals surface area contributed by atoms with Gasteiger partial charge in [0.05, 0.1) is 25.7 Å². The normalized spacial score (nSPS) is 22.3. The third kappa shape index (κ3) is 4.98. The number of rotatable bonds is 9. The van der Waals surface area contributed by atoms with Crippen LogP contribution < -0.4 is 5.32 Å². The fourth-order valence-electron chi connectivity index (χ4n) is 2.18. The average Bonchev–Trinajstić information content (AvgIpc) is 3.09. The van der Waals surface area contributed by atoms with Crippen LogP contribution in [0, 0.1) is 0 Å². The van der Waals surface area contributed by atoms with Gasteiger partial charge in [-0.05, 0) is 13.0 Å². The lowest BCUT2D eigenvalue weighted by molar-refractivity contribution is 0.0182. The summed E-state index contributed by atoms with van der Waals surface area (Å²) in [6.45, 7) is 3.77. The summed E-state index contributed by atoms with van der Waals surface area (Å²) in [5.41, 5.74) is 0. The van der Waals surface area contributed by atoms with E-state index in [1.165, 1.54) is 0 Å². The van der Waals surface area contributed by atoms with Crippen LogP contribution in [0.25, 0.3) is 0 Å². The summed E-state index contributed by atoms with van der Waals surface area (Å²) in [6.07, 6.45) is -1.05. The van der Waals surface area contributed by atoms with E-state index in [9.17, 15) is 8.78 Å². The van der Waals surface area contributed by atoms with Gasteiger partial charge in [-0.15, -0.1) is 0 Å². The van der Waals surface area contributed by atoms with Crippen LogP contribution in [0.2, 0.25) is 0 Å². The molecule has 0 radical (unpaired) electrons. The second-order valence-electron chi connectivity index (χ2n) is 4.97. The molecule has 1 fully saturated rings. The Kier molecular flexibility index (Phi) is 6.47. The molecule has 1 aromatic heterocycles. The van der Waals surface area contributed by atoms with Gasteiger partial charge in [0, 0.05) is 12.5 Å². The highest BCUT2D eigenvalue weighted by Gasteiger charge is 2.33. The molecule has 2 unspecified atom stereocenters. The largest absolute Gasteiger partial charge is 0.379 e. The van der Waals surface area contributed by atoms with E-state index >= 15 is 0 Å². The van der Waals surface area contributed by atoms with Crippen molar-refractivity contribution in [2.45, 2.75) is 38.2 Å². The highest BCUT2D eigenvalue weighted by Crippen LogP contribution is 2.24. The van der Waals surface area contributed by atoms with Gasteiger partial charge in [0.1, 0.15) is 6.61 Å². The first-order chi connectivity index (χ1) is 10.2. The van der Waals surface area contributed by atoms with E-state index in [0.717, 1.165) is 13.0 Å². The minimum absolute atomic E-state index is 0.0415. The quantitative estimate of drug-likeness (QED) is 0.695. The van der Waals surface area contributed by atoms with Crippen molar-refractivity contribution in [2.75, 3.05) is 33.0 Å². The van der Waals surface area contributed by atoms with Gasteiger partial charge in [0.15, 0.2) is 5.82 Å². The zero-order chi connectivity index (χ0) is 15.1. The molecule has 0 aromatic carbocycles. The summed E-state index contributed by atoms with van der Waals surface area (Å²) in [6, 6.07) is 0.174. The third-order valence-electron chi connectivity index (χ3n) is 3.25. The first-order valence-corrected chi connectivity index (χ1v) is 7.20. The highest BCUT2D eigenvalue weighted by molar-refractivity contribution is 5.02. The zero-order valence-corrected chi connectivity index (χ0v) is 12.1. The molecule has 0 bridgehead atoms. The number of nitrogens with one attached hydrogen (secondary N) is 1. The van der Waals surface area contributed by atoms with E-state index in [1.807, 2.05) is 0 Å². The van der Waals surface area contributed by atoms with Crippen molar-refractivity contribution in [1.82, 2.24) is 15.5 Å². The number of alkyl halides is 2. The first kappa shape index (κ1) is 16.3. The molecule has 0 spiro atoms. The molecular weight excluding hydrogens is 284 g/mol. The van der Waals surface area contributed by atoms with E-state index in [-0.39, 0.29) is 18.6 Å². The number of halogens is 2. The fourth-order valence-corrected chi connectivity index (χ4v) is 2.18. The van der Waals surface area contributed by atoms with Gasteiger partial charge in [0.25, 0.3) is 6.43 Å². The van der Waals surface area contributed by atoms with Gasteiger partial charge in [-0.3, -0.25) is 0 Å². The molecule has 2 rings (SSSR count). The summed E-state index contributed by atoms with van der Waals surface area (Å²) in [4.78, 5) is 4.30. The summed E-state index contributed by atoms with van der Waals surface area (Å²) in [7, 11) is 0. The van der Waals surface area contributed by atoms with Crippen LogP contribution in [-0.4, -0.2) is 55.6 Å². The SMILES string of the molecule is CCCNC1COCC1c1nc(CCOCC(F)F)no1. The second-order valence-corrected chi connectivity index (χ2v) is 4.97. The zero-order valence-electron chi connectivity index (χ0n) is 12.1. The lowest BCUT2D eigenvalue weighted by Crippen LogP contribution is -2.35. The van der Waals surface area contributed by atoms with Gasteiger partial charge < -0.3 is 19.3 Å². The molecular formula is C13H21F2N3O3. The van der Waals surface area contributed by atoms with Crippen LogP contribution in [-0.2, 0) is 15.9 Å². The van der Waals surface area contributed by atoms with E-state index in [4.69, 9.17) is 14.0 Å². The molecule has 0 aliphatic carbocycles. The molecule has 2 atom stereocenters. The van der Waals surface area contributed by atoms with Crippen molar-refractivity contribution >= 4 is 0 Å². The molecule has 2 heterocycles. The lowest BCUT2D eigenvalue weighted by atomic mass is 10.0. The van der Waals surface area contributed by atoms with Crippen molar-refractivity contribution in [2.24, 2.45) is 0 Å². The van der Waals surface area contributed by atoms with Crippen molar-refractivity contribution < 1.29 is 22.8 Å². The Morgan fingerprint density at radius 3 is 3.05 bits per heavy atom.